The lowest BCUT2D eigenvalue weighted by atomic mass is 10.1. The number of ether oxygens (including phenoxy) is 1. The van der Waals surface area contributed by atoms with Gasteiger partial charge in [0.15, 0.2) is 0 Å². The summed E-state index contributed by atoms with van der Waals surface area (Å²) < 4.78 is 11.7. The highest BCUT2D eigenvalue weighted by Crippen LogP contribution is 2.24. The van der Waals surface area contributed by atoms with Crippen molar-refractivity contribution in [2.45, 2.75) is 20.5 Å². The highest BCUT2D eigenvalue weighted by atomic mass is 35.5. The lowest BCUT2D eigenvalue weighted by Crippen LogP contribution is -1.98. The molecule has 0 aliphatic carbocycles. The minimum absolute atomic E-state index is 0.365. The molecule has 4 heteroatoms. The summed E-state index contributed by atoms with van der Waals surface area (Å²) >= 11 is 5.77. The smallest absolute Gasteiger partial charge is 0.226 e. The second kappa shape index (κ2) is 8.04. The van der Waals surface area contributed by atoms with Gasteiger partial charge in [-0.05, 0) is 49.2 Å². The third-order valence-corrected chi connectivity index (χ3v) is 4.12. The molecular weight excluding hydrogens is 334 g/mol. The summed E-state index contributed by atoms with van der Waals surface area (Å²) in [6.07, 6.45) is 1.98. The Labute approximate surface area is 152 Å². The Hall–Kier alpha value is -2.52. The third-order valence-electron chi connectivity index (χ3n) is 3.96. The van der Waals surface area contributed by atoms with Crippen molar-refractivity contribution in [3.05, 3.63) is 77.7 Å². The molecule has 25 heavy (non-hydrogen) atoms. The third kappa shape index (κ3) is 4.31. The minimum atomic E-state index is 0.365. The normalized spacial score (nSPS) is 11.6. The maximum Gasteiger partial charge on any atom is 0.226 e. The van der Waals surface area contributed by atoms with Crippen molar-refractivity contribution in [1.29, 1.82) is 0 Å². The first-order valence-electron chi connectivity index (χ1n) is 8.15. The molecule has 3 aromatic rings. The minimum Gasteiger partial charge on any atom is -0.487 e. The van der Waals surface area contributed by atoms with Crippen LogP contribution in [-0.4, -0.2) is 10.9 Å². The number of nitrogens with zero attached hydrogens (tertiary/aromatic N) is 1. The lowest BCUT2D eigenvalue weighted by molar-refractivity contribution is 0.299. The molecule has 0 spiro atoms. The molecule has 128 valence electrons. The Kier molecular flexibility index (Phi) is 5.56. The number of hydrogen-bond acceptors (Lipinski definition) is 3. The molecule has 3 rings (SSSR count). The van der Waals surface area contributed by atoms with Gasteiger partial charge in [-0.25, -0.2) is 4.98 Å². The summed E-state index contributed by atoms with van der Waals surface area (Å²) in [6, 6.07) is 17.8. The largest absolute Gasteiger partial charge is 0.487 e. The van der Waals surface area contributed by atoms with Crippen LogP contribution in [0.15, 0.2) is 65.1 Å². The zero-order valence-corrected chi connectivity index (χ0v) is 15.1. The summed E-state index contributed by atoms with van der Waals surface area (Å²) in [5.41, 5.74) is 3.99. The molecule has 0 aliphatic heterocycles. The summed E-state index contributed by atoms with van der Waals surface area (Å²) in [4.78, 5) is 4.56. The monoisotopic (exact) mass is 353 g/mol. The second-order valence-corrected chi connectivity index (χ2v) is 6.05. The number of aryl methyl sites for hydroxylation is 1. The van der Waals surface area contributed by atoms with Crippen LogP contribution in [0.2, 0.25) is 0 Å². The Bertz CT molecular complexity index is 869. The molecule has 0 aliphatic rings. The summed E-state index contributed by atoms with van der Waals surface area (Å²) in [5.74, 6) is 2.68. The van der Waals surface area contributed by atoms with E-state index >= 15 is 0 Å². The van der Waals surface area contributed by atoms with Crippen molar-refractivity contribution < 1.29 is 9.15 Å². The summed E-state index contributed by atoms with van der Waals surface area (Å²) in [7, 11) is 0. The lowest BCUT2D eigenvalue weighted by Gasteiger charge is -2.07. The van der Waals surface area contributed by atoms with E-state index in [2.05, 4.69) is 4.98 Å². The highest BCUT2D eigenvalue weighted by molar-refractivity contribution is 6.19. The van der Waals surface area contributed by atoms with Gasteiger partial charge in [0.05, 0.1) is 0 Å². The summed E-state index contributed by atoms with van der Waals surface area (Å²) in [5, 5.41) is 0. The van der Waals surface area contributed by atoms with E-state index in [4.69, 9.17) is 20.8 Å². The first kappa shape index (κ1) is 17.3. The van der Waals surface area contributed by atoms with Crippen LogP contribution in [0.1, 0.15) is 23.9 Å². The molecule has 0 bridgehead atoms. The van der Waals surface area contributed by atoms with Crippen molar-refractivity contribution in [3.8, 4) is 17.2 Å². The number of allylic oxidation sites excluding steroid dienone is 2. The zero-order valence-electron chi connectivity index (χ0n) is 14.3. The van der Waals surface area contributed by atoms with Crippen molar-refractivity contribution in [2.24, 2.45) is 0 Å². The molecular formula is C21H20ClNO2. The van der Waals surface area contributed by atoms with Gasteiger partial charge in [-0.3, -0.25) is 0 Å². The molecule has 0 atom stereocenters. The van der Waals surface area contributed by atoms with Crippen LogP contribution in [0.3, 0.4) is 0 Å². The van der Waals surface area contributed by atoms with Crippen molar-refractivity contribution >= 4 is 17.2 Å². The van der Waals surface area contributed by atoms with Crippen molar-refractivity contribution in [3.63, 3.8) is 0 Å². The van der Waals surface area contributed by atoms with Gasteiger partial charge in [0.2, 0.25) is 5.89 Å². The highest BCUT2D eigenvalue weighted by Gasteiger charge is 2.12. The first-order chi connectivity index (χ1) is 12.2. The van der Waals surface area contributed by atoms with Crippen LogP contribution in [-0.2, 0) is 6.61 Å². The predicted octanol–water partition coefficient (Wildman–Crippen LogP) is 5.87. The van der Waals surface area contributed by atoms with Crippen LogP contribution >= 0.6 is 11.6 Å². The molecule has 0 N–H and O–H groups in total. The molecule has 1 aromatic heterocycles. The standard InChI is InChI=1S/C21H20ClNO2/c1-15(11-12-22)18-9-6-10-19(13-18)24-14-20-16(2)25-21(23-20)17-7-4-3-5-8-17/h3-11,13H,12,14H2,1-2H3/b15-11+. The Balaban J connectivity index is 1.73. The molecule has 2 aromatic carbocycles. The first-order valence-corrected chi connectivity index (χ1v) is 8.68. The second-order valence-electron chi connectivity index (χ2n) is 5.75. The Morgan fingerprint density at radius 2 is 1.96 bits per heavy atom. The van der Waals surface area contributed by atoms with Gasteiger partial charge in [0.1, 0.15) is 23.8 Å². The van der Waals surface area contributed by atoms with Crippen molar-refractivity contribution in [2.75, 3.05) is 5.88 Å². The van der Waals surface area contributed by atoms with Gasteiger partial charge in [-0.2, -0.15) is 0 Å². The van der Waals surface area contributed by atoms with E-state index < -0.39 is 0 Å². The number of aromatic nitrogens is 1. The summed E-state index contributed by atoms with van der Waals surface area (Å²) in [6.45, 7) is 4.31. The fraction of sp³-hybridized carbons (Fsp3) is 0.190. The maximum absolute atomic E-state index is 5.91. The van der Waals surface area contributed by atoms with Crippen molar-refractivity contribution in [1.82, 2.24) is 4.98 Å². The van der Waals surface area contributed by atoms with E-state index in [-0.39, 0.29) is 0 Å². The van der Waals surface area contributed by atoms with Crippen LogP contribution in [0.5, 0.6) is 5.75 Å². The average molecular weight is 354 g/mol. The van der Waals surface area contributed by atoms with Gasteiger partial charge in [0, 0.05) is 11.4 Å². The molecule has 3 nitrogen and oxygen atoms in total. The average Bonchev–Trinajstić information content (AvgIpc) is 3.02. The zero-order chi connectivity index (χ0) is 17.6. The number of alkyl halides is 1. The number of halogens is 1. The van der Waals surface area contributed by atoms with Gasteiger partial charge < -0.3 is 9.15 Å². The van der Waals surface area contributed by atoms with Gasteiger partial charge >= 0.3 is 0 Å². The van der Waals surface area contributed by atoms with E-state index in [9.17, 15) is 0 Å². The van der Waals surface area contributed by atoms with Gasteiger partial charge in [0.25, 0.3) is 0 Å². The topological polar surface area (TPSA) is 35.3 Å². The van der Waals surface area contributed by atoms with E-state index in [1.807, 2.05) is 74.5 Å². The number of hydrogen-bond donors (Lipinski definition) is 0. The molecule has 0 saturated heterocycles. The number of rotatable bonds is 6. The fourth-order valence-electron chi connectivity index (χ4n) is 2.48. The van der Waals surface area contributed by atoms with Crippen LogP contribution < -0.4 is 4.74 Å². The molecule has 0 radical (unpaired) electrons. The Morgan fingerprint density at radius 3 is 2.72 bits per heavy atom. The van der Waals surface area contributed by atoms with E-state index in [0.29, 0.717) is 18.4 Å². The quantitative estimate of drug-likeness (QED) is 0.520. The van der Waals surface area contributed by atoms with Crippen LogP contribution in [0, 0.1) is 6.92 Å². The van der Waals surface area contributed by atoms with E-state index in [1.165, 1.54) is 0 Å². The predicted molar refractivity (Wildman–Crippen MR) is 102 cm³/mol. The molecule has 0 saturated carbocycles. The molecule has 1 heterocycles. The van der Waals surface area contributed by atoms with E-state index in [0.717, 1.165) is 33.9 Å². The van der Waals surface area contributed by atoms with Gasteiger partial charge in [-0.1, -0.05) is 36.4 Å². The molecule has 0 unspecified atom stereocenters. The molecule has 0 amide bonds. The molecule has 0 fully saturated rings. The van der Waals surface area contributed by atoms with Crippen LogP contribution in [0.25, 0.3) is 17.0 Å². The van der Waals surface area contributed by atoms with Crippen LogP contribution in [0.4, 0.5) is 0 Å². The maximum atomic E-state index is 5.91. The van der Waals surface area contributed by atoms with E-state index in [1.54, 1.807) is 0 Å². The van der Waals surface area contributed by atoms with Gasteiger partial charge in [-0.15, -0.1) is 11.6 Å². The fourth-order valence-corrected chi connectivity index (χ4v) is 2.71. The number of oxazole rings is 1. The Morgan fingerprint density at radius 1 is 1.16 bits per heavy atom. The number of benzene rings is 2. The SMILES string of the molecule is C/C(=C\CCl)c1cccc(OCc2nc(-c3ccccc3)oc2C)c1.